The van der Waals surface area contributed by atoms with Crippen LogP contribution in [0, 0.1) is 0 Å². The Hall–Kier alpha value is -2.67. The molecule has 1 aromatic carbocycles. The van der Waals surface area contributed by atoms with Gasteiger partial charge >= 0.3 is 0 Å². The largest absolute Gasteiger partial charge is 0.438 e. The number of benzene rings is 1. The van der Waals surface area contributed by atoms with E-state index in [0.29, 0.717) is 35.2 Å². The van der Waals surface area contributed by atoms with Crippen LogP contribution in [0.25, 0.3) is 11.0 Å². The highest BCUT2D eigenvalue weighted by Crippen LogP contribution is 2.27. The summed E-state index contributed by atoms with van der Waals surface area (Å²) in [6.07, 6.45) is 1.62. The first kappa shape index (κ1) is 13.3. The number of hydrogen-bond acceptors (Lipinski definition) is 6. The van der Waals surface area contributed by atoms with Gasteiger partial charge < -0.3 is 15.2 Å². The van der Waals surface area contributed by atoms with Crippen molar-refractivity contribution in [1.82, 2.24) is 20.2 Å². The number of aromatic nitrogens is 4. The Balaban J connectivity index is 1.99. The zero-order valence-electron chi connectivity index (χ0n) is 11.5. The van der Waals surface area contributed by atoms with E-state index < -0.39 is 0 Å². The monoisotopic (exact) mass is 285 g/mol. The molecule has 7 heteroatoms. The Labute approximate surface area is 121 Å². The summed E-state index contributed by atoms with van der Waals surface area (Å²) >= 11 is 0. The van der Waals surface area contributed by atoms with Crippen molar-refractivity contribution in [2.24, 2.45) is 0 Å². The van der Waals surface area contributed by atoms with E-state index in [1.807, 2.05) is 19.1 Å². The Kier molecular flexibility index (Phi) is 3.65. The van der Waals surface area contributed by atoms with Gasteiger partial charge in [0.15, 0.2) is 5.65 Å². The third-order valence-corrected chi connectivity index (χ3v) is 2.91. The van der Waals surface area contributed by atoms with Crippen molar-refractivity contribution in [2.45, 2.75) is 13.5 Å². The summed E-state index contributed by atoms with van der Waals surface area (Å²) in [5.41, 5.74) is 1.38. The summed E-state index contributed by atoms with van der Waals surface area (Å²) in [5, 5.41) is 19.7. The lowest BCUT2D eigenvalue weighted by molar-refractivity contribution is 0.281. The van der Waals surface area contributed by atoms with E-state index in [4.69, 9.17) is 4.74 Å². The summed E-state index contributed by atoms with van der Waals surface area (Å²) in [7, 11) is 0. The highest BCUT2D eigenvalue weighted by molar-refractivity contribution is 5.80. The minimum atomic E-state index is -0.0370. The van der Waals surface area contributed by atoms with Crippen molar-refractivity contribution < 1.29 is 9.84 Å². The van der Waals surface area contributed by atoms with Crippen molar-refractivity contribution in [1.29, 1.82) is 0 Å². The number of aromatic amines is 1. The van der Waals surface area contributed by atoms with Gasteiger partial charge in [0.05, 0.1) is 12.8 Å². The number of ether oxygens (including phenoxy) is 1. The van der Waals surface area contributed by atoms with Crippen LogP contribution in [0.5, 0.6) is 11.6 Å². The molecule has 0 amide bonds. The molecule has 0 aliphatic carbocycles. The summed E-state index contributed by atoms with van der Waals surface area (Å²) < 4.78 is 5.82. The Morgan fingerprint density at radius 3 is 3.05 bits per heavy atom. The first-order valence-electron chi connectivity index (χ1n) is 6.62. The van der Waals surface area contributed by atoms with E-state index in [9.17, 15) is 5.11 Å². The molecule has 2 heterocycles. The van der Waals surface area contributed by atoms with Crippen LogP contribution in [-0.4, -0.2) is 31.8 Å². The number of nitrogens with one attached hydrogen (secondary N) is 2. The predicted octanol–water partition coefficient (Wildman–Crippen LogP) is 2.07. The van der Waals surface area contributed by atoms with Gasteiger partial charge in [0, 0.05) is 6.54 Å². The summed E-state index contributed by atoms with van der Waals surface area (Å²) in [6, 6.07) is 7.21. The molecule has 21 heavy (non-hydrogen) atoms. The number of aliphatic hydroxyl groups excluding tert-OH is 1. The standard InChI is InChI=1S/C14H15N5O2/c1-2-15-14-17-12-11(7-16-19-12)13(18-14)21-10-5-3-4-9(6-10)8-20/h3-7,20H,2,8H2,1H3,(H2,15,16,17,18,19). The van der Waals surface area contributed by atoms with Gasteiger partial charge in [-0.3, -0.25) is 5.10 Å². The number of H-pyrrole nitrogens is 1. The van der Waals surface area contributed by atoms with Crippen LogP contribution < -0.4 is 10.1 Å². The Morgan fingerprint density at radius 2 is 2.24 bits per heavy atom. The average molecular weight is 285 g/mol. The van der Waals surface area contributed by atoms with Crippen molar-refractivity contribution in [3.63, 3.8) is 0 Å². The van der Waals surface area contributed by atoms with Crippen molar-refractivity contribution >= 4 is 17.0 Å². The van der Waals surface area contributed by atoms with Gasteiger partial charge in [-0.05, 0) is 24.6 Å². The fourth-order valence-electron chi connectivity index (χ4n) is 1.94. The van der Waals surface area contributed by atoms with Crippen molar-refractivity contribution in [2.75, 3.05) is 11.9 Å². The highest BCUT2D eigenvalue weighted by atomic mass is 16.5. The van der Waals surface area contributed by atoms with Gasteiger partial charge in [-0.2, -0.15) is 15.1 Å². The normalized spacial score (nSPS) is 10.8. The molecule has 0 atom stereocenters. The van der Waals surface area contributed by atoms with E-state index >= 15 is 0 Å². The van der Waals surface area contributed by atoms with Crippen LogP contribution >= 0.6 is 0 Å². The Bertz CT molecular complexity index is 756. The molecule has 0 aliphatic rings. The van der Waals surface area contributed by atoms with Crippen LogP contribution in [-0.2, 0) is 6.61 Å². The molecular weight excluding hydrogens is 270 g/mol. The SMILES string of the molecule is CCNc1nc(Oc2cccc(CO)c2)c2cn[nH]c2n1. The molecule has 0 spiro atoms. The van der Waals surface area contributed by atoms with E-state index in [0.717, 1.165) is 5.56 Å². The third-order valence-electron chi connectivity index (χ3n) is 2.91. The molecular formula is C14H15N5O2. The maximum Gasteiger partial charge on any atom is 0.235 e. The number of rotatable bonds is 5. The van der Waals surface area contributed by atoms with Gasteiger partial charge in [-0.1, -0.05) is 12.1 Å². The van der Waals surface area contributed by atoms with Gasteiger partial charge in [-0.25, -0.2) is 0 Å². The van der Waals surface area contributed by atoms with Crippen molar-refractivity contribution in [3.05, 3.63) is 36.0 Å². The molecule has 0 saturated carbocycles. The number of nitrogens with zero attached hydrogens (tertiary/aromatic N) is 3. The Morgan fingerprint density at radius 1 is 1.33 bits per heavy atom. The number of aliphatic hydroxyl groups is 1. The van der Waals surface area contributed by atoms with Crippen LogP contribution in [0.4, 0.5) is 5.95 Å². The minimum Gasteiger partial charge on any atom is -0.438 e. The molecule has 3 rings (SSSR count). The summed E-state index contributed by atoms with van der Waals surface area (Å²) in [5.74, 6) is 1.49. The van der Waals surface area contributed by atoms with Crippen LogP contribution in [0.1, 0.15) is 12.5 Å². The second kappa shape index (κ2) is 5.76. The van der Waals surface area contributed by atoms with E-state index in [1.165, 1.54) is 0 Å². The third kappa shape index (κ3) is 2.77. The van der Waals surface area contributed by atoms with Gasteiger partial charge in [0.1, 0.15) is 11.1 Å². The maximum atomic E-state index is 9.17. The molecule has 3 aromatic rings. The van der Waals surface area contributed by atoms with Crippen LogP contribution in [0.3, 0.4) is 0 Å². The number of hydrogen-bond donors (Lipinski definition) is 3. The zero-order valence-corrected chi connectivity index (χ0v) is 11.5. The molecule has 0 aliphatic heterocycles. The molecule has 3 N–H and O–H groups in total. The lowest BCUT2D eigenvalue weighted by Gasteiger charge is -2.08. The topological polar surface area (TPSA) is 96.0 Å². The second-order valence-corrected chi connectivity index (χ2v) is 4.42. The molecule has 2 aromatic heterocycles. The molecule has 0 radical (unpaired) electrons. The highest BCUT2D eigenvalue weighted by Gasteiger charge is 2.11. The van der Waals surface area contributed by atoms with Crippen molar-refractivity contribution in [3.8, 4) is 11.6 Å². The fraction of sp³-hybridized carbons (Fsp3) is 0.214. The lowest BCUT2D eigenvalue weighted by Crippen LogP contribution is -2.03. The second-order valence-electron chi connectivity index (χ2n) is 4.42. The van der Waals surface area contributed by atoms with Crippen LogP contribution in [0.15, 0.2) is 30.5 Å². The summed E-state index contributed by atoms with van der Waals surface area (Å²) in [6.45, 7) is 2.63. The molecule has 7 nitrogen and oxygen atoms in total. The van der Waals surface area contributed by atoms with Gasteiger partial charge in [-0.15, -0.1) is 0 Å². The quantitative estimate of drug-likeness (QED) is 0.664. The zero-order chi connectivity index (χ0) is 14.7. The maximum absolute atomic E-state index is 9.17. The fourth-order valence-corrected chi connectivity index (χ4v) is 1.94. The van der Waals surface area contributed by atoms with Gasteiger partial charge in [0.2, 0.25) is 11.8 Å². The number of fused-ring (bicyclic) bond motifs is 1. The first-order valence-corrected chi connectivity index (χ1v) is 6.62. The van der Waals surface area contributed by atoms with E-state index in [-0.39, 0.29) is 6.61 Å². The summed E-state index contributed by atoms with van der Waals surface area (Å²) in [4.78, 5) is 8.65. The number of anilines is 1. The molecule has 0 fully saturated rings. The molecule has 0 saturated heterocycles. The van der Waals surface area contributed by atoms with E-state index in [2.05, 4.69) is 25.5 Å². The molecule has 0 unspecified atom stereocenters. The first-order chi connectivity index (χ1) is 10.3. The smallest absolute Gasteiger partial charge is 0.235 e. The van der Waals surface area contributed by atoms with Gasteiger partial charge in [0.25, 0.3) is 0 Å². The molecule has 108 valence electrons. The van der Waals surface area contributed by atoms with E-state index in [1.54, 1.807) is 18.3 Å². The predicted molar refractivity (Wildman–Crippen MR) is 78.3 cm³/mol. The van der Waals surface area contributed by atoms with Crippen LogP contribution in [0.2, 0.25) is 0 Å². The average Bonchev–Trinajstić information content (AvgIpc) is 2.96. The molecule has 0 bridgehead atoms. The minimum absolute atomic E-state index is 0.0370. The lowest BCUT2D eigenvalue weighted by atomic mass is 10.2.